The number of carbonyl (C=O) groups is 3. The van der Waals surface area contributed by atoms with Crippen molar-refractivity contribution in [2.75, 3.05) is 24.5 Å². The van der Waals surface area contributed by atoms with Gasteiger partial charge in [-0.1, -0.05) is 36.4 Å². The van der Waals surface area contributed by atoms with Crippen LogP contribution in [0.4, 0.5) is 10.5 Å². The van der Waals surface area contributed by atoms with Gasteiger partial charge in [0.25, 0.3) is 11.8 Å². The lowest BCUT2D eigenvalue weighted by Gasteiger charge is -2.32. The van der Waals surface area contributed by atoms with Gasteiger partial charge in [-0.05, 0) is 50.6 Å². The molecule has 0 spiro atoms. The molecule has 0 aliphatic carbocycles. The normalized spacial score (nSPS) is 18.3. The molecule has 0 radical (unpaired) electrons. The molecule has 0 atom stereocenters. The van der Waals surface area contributed by atoms with Gasteiger partial charge in [0, 0.05) is 31.0 Å². The van der Waals surface area contributed by atoms with E-state index in [1.54, 1.807) is 26.0 Å². The summed E-state index contributed by atoms with van der Waals surface area (Å²) in [6, 6.07) is 7.62. The minimum absolute atomic E-state index is 0.000158. The largest absolute Gasteiger partial charge is 0.341 e. The lowest BCUT2D eigenvalue weighted by Crippen LogP contribution is -2.56. The molecule has 0 bridgehead atoms. The molecule has 0 unspecified atom stereocenters. The molecule has 6 nitrogen and oxygen atoms in total. The highest BCUT2D eigenvalue weighted by atomic mass is 16.2. The molecule has 4 amide bonds. The molecule has 1 aromatic rings. The Labute approximate surface area is 171 Å². The molecular weight excluding hydrogens is 366 g/mol. The summed E-state index contributed by atoms with van der Waals surface area (Å²) in [5.41, 5.74) is 3.33. The van der Waals surface area contributed by atoms with Gasteiger partial charge in [0.05, 0.1) is 0 Å². The molecule has 1 aromatic carbocycles. The number of nitrogens with zero attached hydrogens (tertiary/aromatic N) is 3. The predicted molar refractivity (Wildman–Crippen MR) is 114 cm³/mol. The fourth-order valence-corrected chi connectivity index (χ4v) is 3.48. The van der Waals surface area contributed by atoms with E-state index in [0.29, 0.717) is 0 Å². The van der Waals surface area contributed by atoms with Crippen LogP contribution in [0, 0.1) is 0 Å². The number of carbonyl (C=O) groups excluding carboxylic acids is 3. The Balaban J connectivity index is 1.84. The number of urea groups is 1. The van der Waals surface area contributed by atoms with Crippen molar-refractivity contribution in [2.45, 2.75) is 20.8 Å². The van der Waals surface area contributed by atoms with E-state index < -0.39 is 17.8 Å². The quantitative estimate of drug-likeness (QED) is 0.567. The zero-order valence-corrected chi connectivity index (χ0v) is 17.0. The summed E-state index contributed by atoms with van der Waals surface area (Å²) in [6.07, 6.45) is 11.0. The van der Waals surface area contributed by atoms with Crippen LogP contribution >= 0.6 is 0 Å². The number of hydrogen-bond acceptors (Lipinski definition) is 4. The van der Waals surface area contributed by atoms with Gasteiger partial charge in [-0.3, -0.25) is 19.4 Å². The van der Waals surface area contributed by atoms with E-state index in [1.807, 2.05) is 24.3 Å². The van der Waals surface area contributed by atoms with Crippen molar-refractivity contribution >= 4 is 29.6 Å². The minimum Gasteiger partial charge on any atom is -0.341 e. The van der Waals surface area contributed by atoms with E-state index in [9.17, 15) is 14.4 Å². The first-order valence-corrected chi connectivity index (χ1v) is 9.84. The van der Waals surface area contributed by atoms with E-state index in [1.165, 1.54) is 11.6 Å². The second kappa shape index (κ2) is 8.73. The van der Waals surface area contributed by atoms with Crippen molar-refractivity contribution in [1.29, 1.82) is 0 Å². The van der Waals surface area contributed by atoms with Crippen LogP contribution in [0.25, 0.3) is 6.08 Å². The van der Waals surface area contributed by atoms with Crippen LogP contribution in [-0.2, 0) is 9.59 Å². The molecule has 2 aliphatic heterocycles. The number of para-hydroxylation sites is 1. The predicted octanol–water partition coefficient (Wildman–Crippen LogP) is 3.74. The number of hydrogen-bond donors (Lipinski definition) is 0. The van der Waals surface area contributed by atoms with Gasteiger partial charge in [0.15, 0.2) is 0 Å². The Kier molecular flexibility index (Phi) is 6.12. The van der Waals surface area contributed by atoms with E-state index in [2.05, 4.69) is 30.0 Å². The van der Waals surface area contributed by atoms with Crippen molar-refractivity contribution in [2.24, 2.45) is 0 Å². The van der Waals surface area contributed by atoms with E-state index >= 15 is 0 Å². The van der Waals surface area contributed by atoms with E-state index in [0.717, 1.165) is 27.7 Å². The van der Waals surface area contributed by atoms with E-state index in [4.69, 9.17) is 0 Å². The SMILES string of the molecule is CCN1C(=O)C(=CC=C/C=C2\C=Cc3ccccc3N2CC)C(=O)N(CC)C1=O. The Morgan fingerprint density at radius 2 is 1.34 bits per heavy atom. The molecule has 2 heterocycles. The number of imide groups is 2. The van der Waals surface area contributed by atoms with Gasteiger partial charge in [0.1, 0.15) is 5.57 Å². The highest BCUT2D eigenvalue weighted by Crippen LogP contribution is 2.30. The molecule has 1 saturated heterocycles. The van der Waals surface area contributed by atoms with Gasteiger partial charge in [0.2, 0.25) is 0 Å². The Hall–Kier alpha value is -3.41. The van der Waals surface area contributed by atoms with Gasteiger partial charge in [-0.2, -0.15) is 0 Å². The summed E-state index contributed by atoms with van der Waals surface area (Å²) in [4.78, 5) is 41.6. The number of amides is 4. The molecular formula is C23H25N3O3. The summed E-state index contributed by atoms with van der Waals surface area (Å²) >= 11 is 0. The van der Waals surface area contributed by atoms with Crippen molar-refractivity contribution in [3.8, 4) is 0 Å². The summed E-state index contributed by atoms with van der Waals surface area (Å²) in [6.45, 7) is 6.78. The third-order valence-electron chi connectivity index (χ3n) is 4.98. The van der Waals surface area contributed by atoms with Gasteiger partial charge in [-0.15, -0.1) is 0 Å². The highest BCUT2D eigenvalue weighted by molar-refractivity contribution is 6.28. The fourth-order valence-electron chi connectivity index (χ4n) is 3.48. The second-order valence-corrected chi connectivity index (χ2v) is 6.57. The average Bonchev–Trinajstić information content (AvgIpc) is 2.73. The number of anilines is 1. The summed E-state index contributed by atoms with van der Waals surface area (Å²) in [7, 11) is 0. The Morgan fingerprint density at radius 1 is 0.759 bits per heavy atom. The van der Waals surface area contributed by atoms with Gasteiger partial charge < -0.3 is 4.90 Å². The molecule has 0 saturated carbocycles. The molecule has 0 N–H and O–H groups in total. The maximum Gasteiger partial charge on any atom is 0.333 e. The summed E-state index contributed by atoms with van der Waals surface area (Å²) in [5.74, 6) is -1.10. The van der Waals surface area contributed by atoms with Crippen LogP contribution in [0.2, 0.25) is 0 Å². The molecule has 1 fully saturated rings. The number of allylic oxidation sites excluding steroid dienone is 5. The highest BCUT2D eigenvalue weighted by Gasteiger charge is 2.39. The summed E-state index contributed by atoms with van der Waals surface area (Å²) < 4.78 is 0. The smallest absolute Gasteiger partial charge is 0.333 e. The first-order chi connectivity index (χ1) is 14.0. The van der Waals surface area contributed by atoms with Crippen molar-refractivity contribution in [3.63, 3.8) is 0 Å². The standard InChI is InChI=1S/C23H25N3O3/c1-4-24-18(16-15-17-11-7-10-14-20(17)24)12-8-9-13-19-21(27)25(5-2)23(29)26(6-3)22(19)28/h7-16H,4-6H2,1-3H3/b9-8?,18-12+. The third-order valence-corrected chi connectivity index (χ3v) is 4.98. The number of benzene rings is 1. The number of barbiturate groups is 1. The van der Waals surface area contributed by atoms with Gasteiger partial charge in [-0.25, -0.2) is 4.79 Å². The number of fused-ring (bicyclic) bond motifs is 1. The lowest BCUT2D eigenvalue weighted by atomic mass is 10.1. The third kappa shape index (κ3) is 3.78. The zero-order valence-electron chi connectivity index (χ0n) is 17.0. The van der Waals surface area contributed by atoms with Crippen molar-refractivity contribution in [3.05, 3.63) is 71.5 Å². The van der Waals surface area contributed by atoms with E-state index in [-0.39, 0.29) is 18.7 Å². The first-order valence-electron chi connectivity index (χ1n) is 9.84. The first kappa shape index (κ1) is 20.3. The lowest BCUT2D eigenvalue weighted by molar-refractivity contribution is -0.135. The monoisotopic (exact) mass is 391 g/mol. The van der Waals surface area contributed by atoms with Crippen LogP contribution in [0.1, 0.15) is 26.3 Å². The molecule has 29 heavy (non-hydrogen) atoms. The topological polar surface area (TPSA) is 60.9 Å². The maximum absolute atomic E-state index is 12.5. The molecule has 2 aliphatic rings. The Morgan fingerprint density at radius 3 is 1.97 bits per heavy atom. The number of likely N-dealkylation sites (N-methyl/N-ethyl adjacent to an activating group) is 3. The fraction of sp³-hybridized carbons (Fsp3) is 0.261. The molecule has 6 heteroatoms. The Bertz CT molecular complexity index is 928. The molecule has 0 aromatic heterocycles. The van der Waals surface area contributed by atoms with Crippen molar-refractivity contribution in [1.82, 2.24) is 9.80 Å². The number of rotatable bonds is 5. The molecule has 150 valence electrons. The average molecular weight is 391 g/mol. The van der Waals surface area contributed by atoms with Gasteiger partial charge >= 0.3 is 6.03 Å². The molecule has 3 rings (SSSR count). The van der Waals surface area contributed by atoms with Crippen LogP contribution < -0.4 is 4.90 Å². The maximum atomic E-state index is 12.5. The minimum atomic E-state index is -0.558. The van der Waals surface area contributed by atoms with Crippen LogP contribution in [-0.4, -0.2) is 47.3 Å². The van der Waals surface area contributed by atoms with Crippen LogP contribution in [0.5, 0.6) is 0 Å². The van der Waals surface area contributed by atoms with Crippen molar-refractivity contribution < 1.29 is 14.4 Å². The zero-order chi connectivity index (χ0) is 21.0. The summed E-state index contributed by atoms with van der Waals surface area (Å²) in [5, 5.41) is 0. The second-order valence-electron chi connectivity index (χ2n) is 6.57. The van der Waals surface area contributed by atoms with Crippen LogP contribution in [0.15, 0.2) is 65.9 Å². The van der Waals surface area contributed by atoms with Crippen LogP contribution in [0.3, 0.4) is 0 Å².